The summed E-state index contributed by atoms with van der Waals surface area (Å²) in [6, 6.07) is 1.77. The summed E-state index contributed by atoms with van der Waals surface area (Å²) in [5.74, 6) is 0.168. The summed E-state index contributed by atoms with van der Waals surface area (Å²) >= 11 is 0. The molecule has 0 bridgehead atoms. The Labute approximate surface area is 87.9 Å². The van der Waals surface area contributed by atoms with E-state index in [4.69, 9.17) is 10.5 Å². The third kappa shape index (κ3) is 4.37. The zero-order valence-corrected chi connectivity index (χ0v) is 8.56. The summed E-state index contributed by atoms with van der Waals surface area (Å²) < 4.78 is 4.93. The average molecular weight is 210 g/mol. The van der Waals surface area contributed by atoms with Gasteiger partial charge in [-0.25, -0.2) is 9.97 Å². The van der Waals surface area contributed by atoms with Crippen molar-refractivity contribution in [1.29, 1.82) is 0 Å². The molecule has 0 saturated heterocycles. The molecule has 0 unspecified atom stereocenters. The van der Waals surface area contributed by atoms with Crippen molar-refractivity contribution in [2.24, 2.45) is 5.73 Å². The van der Waals surface area contributed by atoms with Crippen molar-refractivity contribution in [3.63, 3.8) is 0 Å². The van der Waals surface area contributed by atoms with Crippen molar-refractivity contribution >= 4 is 11.7 Å². The molecule has 0 aliphatic heterocycles. The Morgan fingerprint density at radius 3 is 3.07 bits per heavy atom. The molecule has 3 N–H and O–H groups in total. The van der Waals surface area contributed by atoms with E-state index < -0.39 is 5.91 Å². The lowest BCUT2D eigenvalue weighted by Gasteiger charge is -2.04. The van der Waals surface area contributed by atoms with Crippen LogP contribution in [0.5, 0.6) is 0 Å². The molecular weight excluding hydrogens is 196 g/mol. The van der Waals surface area contributed by atoms with Crippen molar-refractivity contribution in [2.45, 2.75) is 6.42 Å². The van der Waals surface area contributed by atoms with Gasteiger partial charge in [0.05, 0.1) is 13.2 Å². The number of carbonyl (C=O) groups is 1. The summed E-state index contributed by atoms with van der Waals surface area (Å²) in [4.78, 5) is 18.5. The van der Waals surface area contributed by atoms with Gasteiger partial charge >= 0.3 is 0 Å². The van der Waals surface area contributed by atoms with Gasteiger partial charge < -0.3 is 15.8 Å². The van der Waals surface area contributed by atoms with Gasteiger partial charge in [-0.15, -0.1) is 0 Å². The minimum absolute atomic E-state index is 0.0702. The fourth-order valence-corrected chi connectivity index (χ4v) is 1.02. The van der Waals surface area contributed by atoms with E-state index in [2.05, 4.69) is 15.3 Å². The van der Waals surface area contributed by atoms with Crippen LogP contribution in [-0.4, -0.2) is 36.1 Å². The highest BCUT2D eigenvalue weighted by Crippen LogP contribution is 2.03. The summed E-state index contributed by atoms with van der Waals surface area (Å²) in [6.07, 6.45) is 2.15. The Morgan fingerprint density at radius 1 is 1.60 bits per heavy atom. The third-order valence-electron chi connectivity index (χ3n) is 1.73. The molecule has 0 radical (unpaired) electrons. The van der Waals surface area contributed by atoms with Crippen LogP contribution >= 0.6 is 0 Å². The first-order valence-electron chi connectivity index (χ1n) is 4.54. The number of carbonyl (C=O) groups excluding carboxylic acids is 1. The molecular formula is C9H14N4O2. The average Bonchev–Trinajstić information content (AvgIpc) is 2.24. The second kappa shape index (κ2) is 5.92. The standard InChI is InChI=1S/C9H14N4O2/c1-15-3-2-7-4-9(13-6-12-7)11-5-8(10)14/h4,6H,2-3,5H2,1H3,(H2,10,14)(H,11,12,13). The zero-order chi connectivity index (χ0) is 11.1. The highest BCUT2D eigenvalue weighted by atomic mass is 16.5. The minimum atomic E-state index is -0.424. The van der Waals surface area contributed by atoms with E-state index >= 15 is 0 Å². The first-order chi connectivity index (χ1) is 7.22. The summed E-state index contributed by atoms with van der Waals surface area (Å²) in [5.41, 5.74) is 5.85. The van der Waals surface area contributed by atoms with E-state index in [1.54, 1.807) is 13.2 Å². The van der Waals surface area contributed by atoms with Gasteiger partial charge in [-0.05, 0) is 0 Å². The van der Waals surface area contributed by atoms with E-state index in [1.807, 2.05) is 0 Å². The Bertz CT molecular complexity index is 330. The molecule has 6 heteroatoms. The molecule has 1 heterocycles. The van der Waals surface area contributed by atoms with E-state index in [-0.39, 0.29) is 6.54 Å². The fraction of sp³-hybridized carbons (Fsp3) is 0.444. The summed E-state index contributed by atoms with van der Waals surface area (Å²) in [5, 5.41) is 2.79. The van der Waals surface area contributed by atoms with Crippen LogP contribution in [0.25, 0.3) is 0 Å². The highest BCUT2D eigenvalue weighted by molar-refractivity contribution is 5.78. The van der Waals surface area contributed by atoms with Crippen LogP contribution in [0.15, 0.2) is 12.4 Å². The molecule has 0 aromatic carbocycles. The highest BCUT2D eigenvalue weighted by Gasteiger charge is 1.99. The van der Waals surface area contributed by atoms with Crippen LogP contribution in [0.2, 0.25) is 0 Å². The number of ether oxygens (including phenoxy) is 1. The lowest BCUT2D eigenvalue weighted by molar-refractivity contribution is -0.116. The van der Waals surface area contributed by atoms with Gasteiger partial charge in [0, 0.05) is 25.3 Å². The van der Waals surface area contributed by atoms with Crippen LogP contribution in [0.4, 0.5) is 5.82 Å². The topological polar surface area (TPSA) is 90.1 Å². The number of aromatic nitrogens is 2. The molecule has 1 rings (SSSR count). The second-order valence-electron chi connectivity index (χ2n) is 2.96. The minimum Gasteiger partial charge on any atom is -0.384 e. The first-order valence-corrected chi connectivity index (χ1v) is 4.54. The maximum atomic E-state index is 10.5. The van der Waals surface area contributed by atoms with Crippen LogP contribution in [0.1, 0.15) is 5.69 Å². The lowest BCUT2D eigenvalue weighted by Crippen LogP contribution is -2.22. The summed E-state index contributed by atoms with van der Waals surface area (Å²) in [7, 11) is 1.63. The Hall–Kier alpha value is -1.69. The monoisotopic (exact) mass is 210 g/mol. The SMILES string of the molecule is COCCc1cc(NCC(N)=O)ncn1. The van der Waals surface area contributed by atoms with Crippen LogP contribution < -0.4 is 11.1 Å². The van der Waals surface area contributed by atoms with Crippen molar-refractivity contribution < 1.29 is 9.53 Å². The van der Waals surface area contributed by atoms with Crippen LogP contribution in [-0.2, 0) is 16.0 Å². The smallest absolute Gasteiger partial charge is 0.236 e. The number of amides is 1. The predicted octanol–water partition coefficient (Wildman–Crippen LogP) is -0.437. The lowest BCUT2D eigenvalue weighted by atomic mass is 10.3. The molecule has 0 aliphatic carbocycles. The number of rotatable bonds is 6. The normalized spacial score (nSPS) is 9.93. The molecule has 0 saturated carbocycles. The maximum Gasteiger partial charge on any atom is 0.236 e. The number of nitrogens with one attached hydrogen (secondary N) is 1. The Balaban J connectivity index is 2.53. The van der Waals surface area contributed by atoms with Crippen molar-refractivity contribution in [3.8, 4) is 0 Å². The molecule has 0 fully saturated rings. The molecule has 15 heavy (non-hydrogen) atoms. The number of nitrogens with two attached hydrogens (primary N) is 1. The Morgan fingerprint density at radius 2 is 2.40 bits per heavy atom. The molecule has 1 aromatic rings. The molecule has 82 valence electrons. The van der Waals surface area contributed by atoms with Crippen molar-refractivity contribution in [3.05, 3.63) is 18.1 Å². The number of hydrogen-bond donors (Lipinski definition) is 2. The predicted molar refractivity (Wildman–Crippen MR) is 55.3 cm³/mol. The van der Waals surface area contributed by atoms with Crippen molar-refractivity contribution in [2.75, 3.05) is 25.6 Å². The summed E-state index contributed by atoms with van der Waals surface area (Å²) in [6.45, 7) is 0.674. The van der Waals surface area contributed by atoms with E-state index in [0.717, 1.165) is 5.69 Å². The largest absolute Gasteiger partial charge is 0.384 e. The van der Waals surface area contributed by atoms with Crippen LogP contribution in [0, 0.1) is 0 Å². The number of nitrogens with zero attached hydrogens (tertiary/aromatic N) is 2. The van der Waals surface area contributed by atoms with E-state index in [1.165, 1.54) is 6.33 Å². The zero-order valence-electron chi connectivity index (χ0n) is 8.56. The Kier molecular flexibility index (Phi) is 4.49. The van der Waals surface area contributed by atoms with E-state index in [0.29, 0.717) is 18.8 Å². The maximum absolute atomic E-state index is 10.5. The molecule has 0 aliphatic rings. The molecule has 1 aromatic heterocycles. The quantitative estimate of drug-likeness (QED) is 0.664. The number of primary amides is 1. The second-order valence-corrected chi connectivity index (χ2v) is 2.96. The number of methoxy groups -OCH3 is 1. The van der Waals surface area contributed by atoms with Gasteiger partial charge in [-0.2, -0.15) is 0 Å². The van der Waals surface area contributed by atoms with Gasteiger partial charge in [0.2, 0.25) is 5.91 Å². The van der Waals surface area contributed by atoms with E-state index in [9.17, 15) is 4.79 Å². The number of anilines is 1. The molecule has 6 nitrogen and oxygen atoms in total. The third-order valence-corrected chi connectivity index (χ3v) is 1.73. The fourth-order valence-electron chi connectivity index (χ4n) is 1.02. The molecule has 1 amide bonds. The first kappa shape index (κ1) is 11.4. The van der Waals surface area contributed by atoms with Crippen LogP contribution in [0.3, 0.4) is 0 Å². The molecule has 0 spiro atoms. The van der Waals surface area contributed by atoms with Gasteiger partial charge in [0.15, 0.2) is 0 Å². The van der Waals surface area contributed by atoms with Gasteiger partial charge in [0.1, 0.15) is 12.1 Å². The number of hydrogen-bond acceptors (Lipinski definition) is 5. The van der Waals surface area contributed by atoms with Gasteiger partial charge in [-0.1, -0.05) is 0 Å². The molecule has 0 atom stereocenters. The van der Waals surface area contributed by atoms with Crippen molar-refractivity contribution in [1.82, 2.24) is 9.97 Å². The van der Waals surface area contributed by atoms with Gasteiger partial charge in [0.25, 0.3) is 0 Å². The van der Waals surface area contributed by atoms with Gasteiger partial charge in [-0.3, -0.25) is 4.79 Å².